The number of benzene rings is 2. The van der Waals surface area contributed by atoms with Gasteiger partial charge in [0.1, 0.15) is 0 Å². The summed E-state index contributed by atoms with van der Waals surface area (Å²) in [5.41, 5.74) is 0.419. The molecule has 2 aliphatic heterocycles. The maximum absolute atomic E-state index is 13.6. The second-order valence-electron chi connectivity index (χ2n) is 6.79. The van der Waals surface area contributed by atoms with Gasteiger partial charge in [0, 0.05) is 6.54 Å². The topological polar surface area (TPSA) is 52.6 Å². The molecule has 3 amide bonds. The van der Waals surface area contributed by atoms with Crippen LogP contribution in [0.1, 0.15) is 17.5 Å². The number of hydrogen-bond donors (Lipinski definition) is 1. The number of amides is 3. The third kappa shape index (κ3) is 2.43. The Morgan fingerprint density at radius 3 is 2.00 bits per heavy atom. The van der Waals surface area contributed by atoms with Crippen molar-refractivity contribution in [2.45, 2.75) is 18.0 Å². The van der Waals surface area contributed by atoms with E-state index >= 15 is 0 Å². The van der Waals surface area contributed by atoms with Crippen LogP contribution in [0, 0.1) is 0 Å². The van der Waals surface area contributed by atoms with E-state index in [-0.39, 0.29) is 18.0 Å². The molecule has 25 heavy (non-hydrogen) atoms. The lowest BCUT2D eigenvalue weighted by Gasteiger charge is -2.29. The van der Waals surface area contributed by atoms with Gasteiger partial charge < -0.3 is 10.2 Å². The first kappa shape index (κ1) is 15.8. The zero-order valence-corrected chi connectivity index (χ0v) is 14.2. The molecule has 128 valence electrons. The molecule has 5 nitrogen and oxygen atoms in total. The SMILES string of the molecule is CN1CCC(N2C(=O)NC(c3ccccc3)(c3ccccc3)C2=O)C1. The average molecular weight is 335 g/mol. The van der Waals surface area contributed by atoms with Crippen molar-refractivity contribution in [3.05, 3.63) is 71.8 Å². The minimum atomic E-state index is -1.15. The first-order chi connectivity index (χ1) is 12.1. The Morgan fingerprint density at radius 2 is 1.52 bits per heavy atom. The molecule has 2 aromatic rings. The van der Waals surface area contributed by atoms with Gasteiger partial charge in [0.2, 0.25) is 0 Å². The van der Waals surface area contributed by atoms with Crippen LogP contribution in [0.15, 0.2) is 60.7 Å². The Morgan fingerprint density at radius 1 is 0.960 bits per heavy atom. The molecule has 0 saturated carbocycles. The number of urea groups is 1. The number of hydrogen-bond acceptors (Lipinski definition) is 3. The fourth-order valence-electron chi connectivity index (χ4n) is 3.94. The predicted molar refractivity (Wildman–Crippen MR) is 94.9 cm³/mol. The first-order valence-electron chi connectivity index (χ1n) is 8.58. The molecule has 0 aliphatic carbocycles. The summed E-state index contributed by atoms with van der Waals surface area (Å²) in [6, 6.07) is 18.6. The van der Waals surface area contributed by atoms with Gasteiger partial charge in [-0.3, -0.25) is 9.69 Å². The Bertz CT molecular complexity index is 752. The summed E-state index contributed by atoms with van der Waals surface area (Å²) in [7, 11) is 2.01. The summed E-state index contributed by atoms with van der Waals surface area (Å²) in [6.45, 7) is 1.62. The van der Waals surface area contributed by atoms with Gasteiger partial charge in [-0.25, -0.2) is 4.79 Å². The third-order valence-electron chi connectivity index (χ3n) is 5.20. The lowest BCUT2D eigenvalue weighted by molar-refractivity contribution is -0.131. The van der Waals surface area contributed by atoms with Gasteiger partial charge in [-0.05, 0) is 31.1 Å². The second kappa shape index (κ2) is 6.01. The first-order valence-corrected chi connectivity index (χ1v) is 8.58. The highest BCUT2D eigenvalue weighted by Crippen LogP contribution is 2.37. The van der Waals surface area contributed by atoms with Gasteiger partial charge in [-0.2, -0.15) is 0 Å². The zero-order chi connectivity index (χ0) is 17.4. The highest BCUT2D eigenvalue weighted by Gasteiger charge is 2.55. The standard InChI is InChI=1S/C20H21N3O2/c1-22-13-12-17(14-22)23-18(24)20(21-19(23)25,15-8-4-2-5-9-15)16-10-6-3-7-11-16/h2-11,17H,12-14H2,1H3,(H,21,25). The number of carbonyl (C=O) groups is 2. The molecule has 2 saturated heterocycles. The molecule has 4 rings (SSSR count). The lowest BCUT2D eigenvalue weighted by atomic mass is 9.82. The minimum absolute atomic E-state index is 0.0770. The maximum atomic E-state index is 13.6. The molecule has 1 N–H and O–H groups in total. The second-order valence-corrected chi connectivity index (χ2v) is 6.79. The van der Waals surface area contributed by atoms with E-state index in [1.165, 1.54) is 4.90 Å². The molecule has 1 unspecified atom stereocenters. The molecule has 5 heteroatoms. The fraction of sp³-hybridized carbons (Fsp3) is 0.300. The van der Waals surface area contributed by atoms with Crippen molar-refractivity contribution in [1.29, 1.82) is 0 Å². The predicted octanol–water partition coefficient (Wildman–Crippen LogP) is 2.19. The number of nitrogens with zero attached hydrogens (tertiary/aromatic N) is 2. The van der Waals surface area contributed by atoms with Crippen LogP contribution < -0.4 is 5.32 Å². The number of likely N-dealkylation sites (N-methyl/N-ethyl adjacent to an activating group) is 1. The van der Waals surface area contributed by atoms with Crippen LogP contribution in [-0.2, 0) is 10.3 Å². The van der Waals surface area contributed by atoms with E-state index in [0.717, 1.165) is 30.6 Å². The van der Waals surface area contributed by atoms with Crippen LogP contribution in [0.2, 0.25) is 0 Å². The van der Waals surface area contributed by atoms with Crippen molar-refractivity contribution in [3.63, 3.8) is 0 Å². The average Bonchev–Trinajstić information content (AvgIpc) is 3.17. The van der Waals surface area contributed by atoms with Crippen LogP contribution in [0.4, 0.5) is 4.79 Å². The van der Waals surface area contributed by atoms with Gasteiger partial charge in [0.05, 0.1) is 6.04 Å². The monoisotopic (exact) mass is 335 g/mol. The number of imide groups is 1. The Hall–Kier alpha value is -2.66. The van der Waals surface area contributed by atoms with Gasteiger partial charge in [0.25, 0.3) is 5.91 Å². The van der Waals surface area contributed by atoms with Crippen molar-refractivity contribution >= 4 is 11.9 Å². The summed E-state index contributed by atoms with van der Waals surface area (Å²) in [5, 5.41) is 3.01. The van der Waals surface area contributed by atoms with E-state index in [1.807, 2.05) is 67.7 Å². The normalized spacial score (nSPS) is 23.1. The molecule has 2 heterocycles. The third-order valence-corrected chi connectivity index (χ3v) is 5.20. The van der Waals surface area contributed by atoms with Gasteiger partial charge >= 0.3 is 6.03 Å². The molecular weight excluding hydrogens is 314 g/mol. The smallest absolute Gasteiger partial charge is 0.315 e. The molecule has 0 aromatic heterocycles. The van der Waals surface area contributed by atoms with Crippen LogP contribution in [0.5, 0.6) is 0 Å². The highest BCUT2D eigenvalue weighted by molar-refractivity contribution is 6.10. The largest absolute Gasteiger partial charge is 0.325 e. The molecule has 2 fully saturated rings. The zero-order valence-electron chi connectivity index (χ0n) is 14.2. The lowest BCUT2D eigenvalue weighted by Crippen LogP contribution is -2.46. The minimum Gasteiger partial charge on any atom is -0.315 e. The van der Waals surface area contributed by atoms with Crippen LogP contribution >= 0.6 is 0 Å². The fourth-order valence-corrected chi connectivity index (χ4v) is 3.94. The van der Waals surface area contributed by atoms with Crippen molar-refractivity contribution < 1.29 is 9.59 Å². The van der Waals surface area contributed by atoms with E-state index in [1.54, 1.807) is 0 Å². The Balaban J connectivity index is 1.83. The molecular formula is C20H21N3O2. The molecule has 0 radical (unpaired) electrons. The van der Waals surface area contributed by atoms with Gasteiger partial charge in [-0.1, -0.05) is 60.7 Å². The summed E-state index contributed by atoms with van der Waals surface area (Å²) in [6.07, 6.45) is 0.815. The number of rotatable bonds is 3. The Kier molecular flexibility index (Phi) is 3.81. The number of carbonyl (C=O) groups excluding carboxylic acids is 2. The van der Waals surface area contributed by atoms with Crippen molar-refractivity contribution in [2.75, 3.05) is 20.1 Å². The summed E-state index contributed by atoms with van der Waals surface area (Å²) in [4.78, 5) is 30.0. The van der Waals surface area contributed by atoms with E-state index < -0.39 is 5.54 Å². The van der Waals surface area contributed by atoms with E-state index in [9.17, 15) is 9.59 Å². The van der Waals surface area contributed by atoms with Gasteiger partial charge in [-0.15, -0.1) is 0 Å². The number of nitrogens with one attached hydrogen (secondary N) is 1. The van der Waals surface area contributed by atoms with Crippen LogP contribution in [0.3, 0.4) is 0 Å². The van der Waals surface area contributed by atoms with E-state index in [4.69, 9.17) is 0 Å². The van der Waals surface area contributed by atoms with E-state index in [0.29, 0.717) is 0 Å². The molecule has 2 aliphatic rings. The summed E-state index contributed by atoms with van der Waals surface area (Å²) in [5.74, 6) is -0.185. The Labute approximate surface area is 147 Å². The number of likely N-dealkylation sites (tertiary alicyclic amines) is 1. The summed E-state index contributed by atoms with van der Waals surface area (Å²) >= 11 is 0. The maximum Gasteiger partial charge on any atom is 0.325 e. The van der Waals surface area contributed by atoms with E-state index in [2.05, 4.69) is 10.2 Å². The summed E-state index contributed by atoms with van der Waals surface area (Å²) < 4.78 is 0. The van der Waals surface area contributed by atoms with Gasteiger partial charge in [0.15, 0.2) is 5.54 Å². The highest BCUT2D eigenvalue weighted by atomic mass is 16.2. The molecule has 2 aromatic carbocycles. The molecule has 0 bridgehead atoms. The van der Waals surface area contributed by atoms with Crippen molar-refractivity contribution in [1.82, 2.24) is 15.1 Å². The van der Waals surface area contributed by atoms with Crippen LogP contribution in [-0.4, -0.2) is 47.9 Å². The van der Waals surface area contributed by atoms with Crippen LogP contribution in [0.25, 0.3) is 0 Å². The molecule has 0 spiro atoms. The molecule has 1 atom stereocenters. The quantitative estimate of drug-likeness (QED) is 0.875. The van der Waals surface area contributed by atoms with Crippen molar-refractivity contribution in [2.24, 2.45) is 0 Å². The van der Waals surface area contributed by atoms with Crippen molar-refractivity contribution in [3.8, 4) is 0 Å².